The number of hydrogen-bond donors (Lipinski definition) is 0. The third-order valence-electron chi connectivity index (χ3n) is 2.10. The maximum atomic E-state index is 13.2. The van der Waals surface area contributed by atoms with E-state index >= 15 is 0 Å². The number of carbonyl (C=O) groups excluding carboxylic acids is 1. The van der Waals surface area contributed by atoms with Crippen LogP contribution in [0, 0.1) is 11.9 Å². The number of rotatable bonds is 2. The van der Waals surface area contributed by atoms with Crippen LogP contribution in [0.15, 0.2) is 42.5 Å². The van der Waals surface area contributed by atoms with E-state index in [1.54, 1.807) is 30.3 Å². The number of ketones is 1. The Morgan fingerprint density at radius 1 is 1.00 bits per heavy atom. The molecule has 1 heterocycles. The summed E-state index contributed by atoms with van der Waals surface area (Å²) < 4.78 is 25.8. The predicted molar refractivity (Wildman–Crippen MR) is 54.0 cm³/mol. The molecule has 80 valence electrons. The maximum Gasteiger partial charge on any atom is 0.226 e. The summed E-state index contributed by atoms with van der Waals surface area (Å²) in [6.07, 6.45) is 0. The van der Waals surface area contributed by atoms with Gasteiger partial charge in [-0.3, -0.25) is 4.79 Å². The SMILES string of the molecule is O=C(c1ccccc1)c1ccc(F)nc1F. The molecule has 0 bridgehead atoms. The van der Waals surface area contributed by atoms with Gasteiger partial charge in [0, 0.05) is 5.56 Å². The number of carbonyl (C=O) groups is 1. The molecule has 0 fully saturated rings. The summed E-state index contributed by atoms with van der Waals surface area (Å²) in [5.41, 5.74) is 0.113. The van der Waals surface area contributed by atoms with Crippen LogP contribution in [0.3, 0.4) is 0 Å². The largest absolute Gasteiger partial charge is 0.288 e. The summed E-state index contributed by atoms with van der Waals surface area (Å²) in [6.45, 7) is 0. The van der Waals surface area contributed by atoms with Crippen molar-refractivity contribution in [2.24, 2.45) is 0 Å². The summed E-state index contributed by atoms with van der Waals surface area (Å²) in [4.78, 5) is 14.7. The number of pyridine rings is 1. The lowest BCUT2D eigenvalue weighted by molar-refractivity contribution is 0.103. The molecule has 0 N–H and O–H groups in total. The van der Waals surface area contributed by atoms with E-state index in [4.69, 9.17) is 0 Å². The molecule has 0 spiro atoms. The number of nitrogens with zero attached hydrogens (tertiary/aromatic N) is 1. The van der Waals surface area contributed by atoms with Gasteiger partial charge in [0.25, 0.3) is 0 Å². The Labute approximate surface area is 90.6 Å². The Morgan fingerprint density at radius 2 is 1.69 bits per heavy atom. The highest BCUT2D eigenvalue weighted by Gasteiger charge is 2.15. The van der Waals surface area contributed by atoms with Gasteiger partial charge in [-0.05, 0) is 12.1 Å². The van der Waals surface area contributed by atoms with Gasteiger partial charge in [-0.15, -0.1) is 0 Å². The zero-order valence-corrected chi connectivity index (χ0v) is 8.15. The lowest BCUT2D eigenvalue weighted by Gasteiger charge is -2.01. The van der Waals surface area contributed by atoms with Crippen LogP contribution in [-0.2, 0) is 0 Å². The second-order valence-electron chi connectivity index (χ2n) is 3.17. The van der Waals surface area contributed by atoms with Crippen LogP contribution in [-0.4, -0.2) is 10.8 Å². The Morgan fingerprint density at radius 3 is 2.31 bits per heavy atom. The molecule has 0 aliphatic carbocycles. The molecule has 0 saturated heterocycles. The van der Waals surface area contributed by atoms with Crippen molar-refractivity contribution in [3.05, 3.63) is 65.5 Å². The van der Waals surface area contributed by atoms with E-state index in [1.165, 1.54) is 0 Å². The van der Waals surface area contributed by atoms with Crippen molar-refractivity contribution >= 4 is 5.78 Å². The highest BCUT2D eigenvalue weighted by atomic mass is 19.1. The number of hydrogen-bond acceptors (Lipinski definition) is 2. The fraction of sp³-hybridized carbons (Fsp3) is 0. The molecule has 16 heavy (non-hydrogen) atoms. The summed E-state index contributed by atoms with van der Waals surface area (Å²) in [5.74, 6) is -2.54. The Bertz CT molecular complexity index is 526. The van der Waals surface area contributed by atoms with Gasteiger partial charge in [-0.2, -0.15) is 13.8 Å². The quantitative estimate of drug-likeness (QED) is 0.574. The molecule has 0 aliphatic heterocycles. The van der Waals surface area contributed by atoms with Gasteiger partial charge < -0.3 is 0 Å². The van der Waals surface area contributed by atoms with E-state index < -0.39 is 17.7 Å². The van der Waals surface area contributed by atoms with E-state index in [2.05, 4.69) is 4.98 Å². The molecule has 0 aliphatic rings. The predicted octanol–water partition coefficient (Wildman–Crippen LogP) is 2.59. The topological polar surface area (TPSA) is 30.0 Å². The standard InChI is InChI=1S/C12H7F2NO/c13-10-7-6-9(12(14)15-10)11(16)8-4-2-1-3-5-8/h1-7H. The average molecular weight is 219 g/mol. The smallest absolute Gasteiger partial charge is 0.226 e. The summed E-state index contributed by atoms with van der Waals surface area (Å²) in [7, 11) is 0. The first-order chi connectivity index (χ1) is 7.68. The van der Waals surface area contributed by atoms with Gasteiger partial charge >= 0.3 is 0 Å². The molecular weight excluding hydrogens is 212 g/mol. The molecule has 0 amide bonds. The van der Waals surface area contributed by atoms with Crippen LogP contribution in [0.4, 0.5) is 8.78 Å². The molecule has 2 rings (SSSR count). The summed E-state index contributed by atoms with van der Waals surface area (Å²) in [6, 6.07) is 10.3. The molecular formula is C12H7F2NO. The normalized spacial score (nSPS) is 10.1. The van der Waals surface area contributed by atoms with E-state index in [0.717, 1.165) is 12.1 Å². The zero-order valence-electron chi connectivity index (χ0n) is 8.15. The first-order valence-electron chi connectivity index (χ1n) is 4.60. The van der Waals surface area contributed by atoms with Crippen molar-refractivity contribution < 1.29 is 13.6 Å². The first-order valence-corrected chi connectivity index (χ1v) is 4.60. The molecule has 4 heteroatoms. The highest BCUT2D eigenvalue weighted by Crippen LogP contribution is 2.12. The minimum Gasteiger partial charge on any atom is -0.288 e. The van der Waals surface area contributed by atoms with Crippen LogP contribution in [0.25, 0.3) is 0 Å². The number of halogens is 2. The van der Waals surface area contributed by atoms with Gasteiger partial charge in [-0.25, -0.2) is 0 Å². The van der Waals surface area contributed by atoms with E-state index in [9.17, 15) is 13.6 Å². The van der Waals surface area contributed by atoms with E-state index in [0.29, 0.717) is 5.56 Å². The third-order valence-corrected chi connectivity index (χ3v) is 2.10. The molecule has 1 aromatic carbocycles. The van der Waals surface area contributed by atoms with E-state index in [-0.39, 0.29) is 5.56 Å². The fourth-order valence-corrected chi connectivity index (χ4v) is 1.33. The minimum atomic E-state index is -1.09. The van der Waals surface area contributed by atoms with Crippen LogP contribution >= 0.6 is 0 Å². The lowest BCUT2D eigenvalue weighted by Crippen LogP contribution is -2.06. The zero-order chi connectivity index (χ0) is 11.5. The average Bonchev–Trinajstić information content (AvgIpc) is 2.29. The lowest BCUT2D eigenvalue weighted by atomic mass is 10.1. The van der Waals surface area contributed by atoms with Crippen molar-refractivity contribution in [2.75, 3.05) is 0 Å². The van der Waals surface area contributed by atoms with E-state index in [1.807, 2.05) is 0 Å². The number of aromatic nitrogens is 1. The summed E-state index contributed by atoms with van der Waals surface area (Å²) in [5, 5.41) is 0. The van der Waals surface area contributed by atoms with Crippen molar-refractivity contribution in [3.63, 3.8) is 0 Å². The molecule has 2 nitrogen and oxygen atoms in total. The van der Waals surface area contributed by atoms with Crippen LogP contribution in [0.2, 0.25) is 0 Å². The van der Waals surface area contributed by atoms with Gasteiger partial charge in [0.1, 0.15) is 0 Å². The van der Waals surface area contributed by atoms with Crippen molar-refractivity contribution in [3.8, 4) is 0 Å². The molecule has 0 radical (unpaired) electrons. The minimum absolute atomic E-state index is 0.229. The van der Waals surface area contributed by atoms with Gasteiger partial charge in [-0.1, -0.05) is 30.3 Å². The Kier molecular flexibility index (Phi) is 2.72. The van der Waals surface area contributed by atoms with Crippen LogP contribution in [0.1, 0.15) is 15.9 Å². The second kappa shape index (κ2) is 4.18. The van der Waals surface area contributed by atoms with Gasteiger partial charge in [0.15, 0.2) is 5.78 Å². The van der Waals surface area contributed by atoms with Gasteiger partial charge in [0.2, 0.25) is 11.9 Å². The number of benzene rings is 1. The van der Waals surface area contributed by atoms with Crippen molar-refractivity contribution in [1.82, 2.24) is 4.98 Å². The highest BCUT2D eigenvalue weighted by molar-refractivity contribution is 6.08. The molecule has 0 unspecified atom stereocenters. The fourth-order valence-electron chi connectivity index (χ4n) is 1.33. The first kappa shape index (κ1) is 10.4. The third kappa shape index (κ3) is 1.95. The Balaban J connectivity index is 2.42. The maximum absolute atomic E-state index is 13.2. The molecule has 0 saturated carbocycles. The van der Waals surface area contributed by atoms with Gasteiger partial charge in [0.05, 0.1) is 5.56 Å². The van der Waals surface area contributed by atoms with Crippen LogP contribution < -0.4 is 0 Å². The Hall–Kier alpha value is -2.10. The summed E-state index contributed by atoms with van der Waals surface area (Å²) >= 11 is 0. The second-order valence-corrected chi connectivity index (χ2v) is 3.17. The monoisotopic (exact) mass is 219 g/mol. The molecule has 0 atom stereocenters. The van der Waals surface area contributed by atoms with Crippen molar-refractivity contribution in [2.45, 2.75) is 0 Å². The molecule has 1 aromatic heterocycles. The van der Waals surface area contributed by atoms with Crippen molar-refractivity contribution in [1.29, 1.82) is 0 Å². The van der Waals surface area contributed by atoms with Crippen LogP contribution in [0.5, 0.6) is 0 Å². The molecule has 2 aromatic rings.